The lowest BCUT2D eigenvalue weighted by Crippen LogP contribution is -2.27. The summed E-state index contributed by atoms with van der Waals surface area (Å²) in [6.45, 7) is 0.382. The molecule has 20 heavy (non-hydrogen) atoms. The zero-order valence-corrected chi connectivity index (χ0v) is 12.0. The lowest BCUT2D eigenvalue weighted by molar-refractivity contribution is -0.117. The molecule has 2 N–H and O–H groups in total. The number of amides is 1. The number of halogens is 1. The molecule has 0 radical (unpaired) electrons. The highest BCUT2D eigenvalue weighted by Crippen LogP contribution is 2.30. The molecular formula is C13H12BrNO5. The van der Waals surface area contributed by atoms with Crippen molar-refractivity contribution in [3.63, 3.8) is 0 Å². The lowest BCUT2D eigenvalue weighted by Gasteiger charge is -2.19. The Morgan fingerprint density at radius 1 is 1.30 bits per heavy atom. The molecule has 1 aromatic rings. The van der Waals surface area contributed by atoms with Crippen LogP contribution in [-0.2, 0) is 4.79 Å². The van der Waals surface area contributed by atoms with E-state index in [1.54, 1.807) is 0 Å². The number of carbonyl (C=O) groups is 3. The third kappa shape index (κ3) is 2.67. The van der Waals surface area contributed by atoms with E-state index in [0.29, 0.717) is 18.3 Å². The summed E-state index contributed by atoms with van der Waals surface area (Å²) in [5.41, 5.74) is 0.0320. The van der Waals surface area contributed by atoms with Gasteiger partial charge in [0.15, 0.2) is 0 Å². The van der Waals surface area contributed by atoms with Gasteiger partial charge in [0.2, 0.25) is 5.91 Å². The Bertz CT molecular complexity index is 586. The molecule has 0 aliphatic carbocycles. The number of nitrogens with zero attached hydrogens (tertiary/aromatic N) is 1. The first-order valence-electron chi connectivity index (χ1n) is 5.91. The summed E-state index contributed by atoms with van der Waals surface area (Å²) in [5.74, 6) is -2.45. The SMILES string of the molecule is O=C(O)c1ccc(C(=O)O)c(N2CC(CBr)CC2=O)c1. The number of rotatable bonds is 4. The molecule has 0 bridgehead atoms. The van der Waals surface area contributed by atoms with Gasteiger partial charge in [-0.2, -0.15) is 0 Å². The van der Waals surface area contributed by atoms with Gasteiger partial charge in [-0.25, -0.2) is 9.59 Å². The Labute approximate surface area is 123 Å². The van der Waals surface area contributed by atoms with E-state index in [1.165, 1.54) is 23.1 Å². The van der Waals surface area contributed by atoms with Crippen LogP contribution in [0, 0.1) is 5.92 Å². The number of hydrogen-bond acceptors (Lipinski definition) is 3. The third-order valence-corrected chi connectivity index (χ3v) is 4.10. The van der Waals surface area contributed by atoms with Crippen LogP contribution in [0.25, 0.3) is 0 Å². The predicted octanol–water partition coefficient (Wildman–Crippen LogP) is 1.83. The van der Waals surface area contributed by atoms with Crippen molar-refractivity contribution in [1.29, 1.82) is 0 Å². The Kier molecular flexibility index (Phi) is 4.08. The smallest absolute Gasteiger partial charge is 0.337 e. The van der Waals surface area contributed by atoms with Gasteiger partial charge < -0.3 is 15.1 Å². The minimum atomic E-state index is -1.19. The van der Waals surface area contributed by atoms with Crippen LogP contribution in [0.2, 0.25) is 0 Å². The van der Waals surface area contributed by atoms with Gasteiger partial charge in [0.05, 0.1) is 16.8 Å². The van der Waals surface area contributed by atoms with Crippen LogP contribution in [0.5, 0.6) is 0 Å². The number of hydrogen-bond donors (Lipinski definition) is 2. The summed E-state index contributed by atoms with van der Waals surface area (Å²) in [5, 5.41) is 18.8. The predicted molar refractivity (Wildman–Crippen MR) is 74.6 cm³/mol. The normalized spacial score (nSPS) is 18.4. The molecule has 1 atom stereocenters. The van der Waals surface area contributed by atoms with E-state index in [4.69, 9.17) is 5.11 Å². The first-order valence-corrected chi connectivity index (χ1v) is 7.03. The fourth-order valence-corrected chi connectivity index (χ4v) is 2.62. The van der Waals surface area contributed by atoms with Gasteiger partial charge in [0.1, 0.15) is 0 Å². The van der Waals surface area contributed by atoms with Crippen molar-refractivity contribution in [2.75, 3.05) is 16.8 Å². The van der Waals surface area contributed by atoms with E-state index in [9.17, 15) is 19.5 Å². The van der Waals surface area contributed by atoms with Gasteiger partial charge in [-0.1, -0.05) is 15.9 Å². The largest absolute Gasteiger partial charge is 0.478 e. The van der Waals surface area contributed by atoms with Crippen LogP contribution in [0.3, 0.4) is 0 Å². The second kappa shape index (κ2) is 5.62. The van der Waals surface area contributed by atoms with Crippen molar-refractivity contribution in [2.24, 2.45) is 5.92 Å². The average molecular weight is 342 g/mol. The standard InChI is InChI=1S/C13H12BrNO5/c14-5-7-3-11(16)15(6-7)10-4-8(12(17)18)1-2-9(10)13(19)20/h1-2,4,7H,3,5-6H2,(H,17,18)(H,19,20). The molecule has 0 saturated carbocycles. The number of alkyl halides is 1. The third-order valence-electron chi connectivity index (χ3n) is 3.19. The van der Waals surface area contributed by atoms with Gasteiger partial charge in [-0.05, 0) is 24.1 Å². The quantitative estimate of drug-likeness (QED) is 0.814. The van der Waals surface area contributed by atoms with Crippen molar-refractivity contribution in [3.8, 4) is 0 Å². The van der Waals surface area contributed by atoms with E-state index < -0.39 is 11.9 Å². The zero-order chi connectivity index (χ0) is 14.9. The monoisotopic (exact) mass is 341 g/mol. The van der Waals surface area contributed by atoms with Crippen LogP contribution in [-0.4, -0.2) is 39.9 Å². The summed E-state index contributed by atoms with van der Waals surface area (Å²) in [6, 6.07) is 3.67. The molecule has 1 aliphatic rings. The maximum atomic E-state index is 12.0. The molecular weight excluding hydrogens is 330 g/mol. The van der Waals surface area contributed by atoms with Crippen molar-refractivity contribution >= 4 is 39.5 Å². The summed E-state index contributed by atoms with van der Waals surface area (Å²) >= 11 is 3.30. The molecule has 1 amide bonds. The van der Waals surface area contributed by atoms with Crippen molar-refractivity contribution in [2.45, 2.75) is 6.42 Å². The van der Waals surface area contributed by atoms with E-state index in [2.05, 4.69) is 15.9 Å². The topological polar surface area (TPSA) is 94.9 Å². The van der Waals surface area contributed by atoms with E-state index in [1.807, 2.05) is 0 Å². The second-order valence-electron chi connectivity index (χ2n) is 4.57. The van der Waals surface area contributed by atoms with Crippen LogP contribution >= 0.6 is 15.9 Å². The summed E-state index contributed by atoms with van der Waals surface area (Å²) in [6.07, 6.45) is 0.321. The number of carboxylic acid groups (broad SMARTS) is 2. The van der Waals surface area contributed by atoms with Gasteiger partial charge in [0, 0.05) is 18.3 Å². The summed E-state index contributed by atoms with van der Waals surface area (Å²) in [4.78, 5) is 35.5. The minimum Gasteiger partial charge on any atom is -0.478 e. The number of benzene rings is 1. The van der Waals surface area contributed by atoms with Crippen molar-refractivity contribution in [3.05, 3.63) is 29.3 Å². The molecule has 1 aliphatic heterocycles. The zero-order valence-electron chi connectivity index (χ0n) is 10.4. The summed E-state index contributed by atoms with van der Waals surface area (Å²) < 4.78 is 0. The van der Waals surface area contributed by atoms with Gasteiger partial charge in [-0.15, -0.1) is 0 Å². The van der Waals surface area contributed by atoms with Gasteiger partial charge in [0.25, 0.3) is 0 Å². The molecule has 2 rings (SSSR count). The van der Waals surface area contributed by atoms with Gasteiger partial charge in [-0.3, -0.25) is 4.79 Å². The van der Waals surface area contributed by atoms with Crippen LogP contribution in [0.4, 0.5) is 5.69 Å². The Morgan fingerprint density at radius 3 is 2.50 bits per heavy atom. The van der Waals surface area contributed by atoms with E-state index in [0.717, 1.165) is 0 Å². The fourth-order valence-electron chi connectivity index (χ4n) is 2.19. The van der Waals surface area contributed by atoms with Crippen molar-refractivity contribution < 1.29 is 24.6 Å². The highest BCUT2D eigenvalue weighted by Gasteiger charge is 2.32. The number of anilines is 1. The first kappa shape index (κ1) is 14.5. The average Bonchev–Trinajstić information content (AvgIpc) is 2.79. The molecule has 1 fully saturated rings. The van der Waals surface area contributed by atoms with Crippen LogP contribution in [0.1, 0.15) is 27.1 Å². The maximum absolute atomic E-state index is 12.0. The molecule has 1 heterocycles. The van der Waals surface area contributed by atoms with E-state index >= 15 is 0 Å². The maximum Gasteiger partial charge on any atom is 0.337 e. The summed E-state index contributed by atoms with van der Waals surface area (Å²) in [7, 11) is 0. The molecule has 7 heteroatoms. The fraction of sp³-hybridized carbons (Fsp3) is 0.308. The van der Waals surface area contributed by atoms with Crippen LogP contribution < -0.4 is 4.90 Å². The second-order valence-corrected chi connectivity index (χ2v) is 5.22. The Balaban J connectivity index is 2.47. The lowest BCUT2D eigenvalue weighted by atomic mass is 10.1. The van der Waals surface area contributed by atoms with E-state index in [-0.39, 0.29) is 28.6 Å². The van der Waals surface area contributed by atoms with Crippen LogP contribution in [0.15, 0.2) is 18.2 Å². The van der Waals surface area contributed by atoms with Gasteiger partial charge >= 0.3 is 11.9 Å². The Hall–Kier alpha value is -1.89. The number of carboxylic acids is 2. The number of aromatic carboxylic acids is 2. The molecule has 0 spiro atoms. The molecule has 1 saturated heterocycles. The molecule has 1 unspecified atom stereocenters. The molecule has 106 valence electrons. The molecule has 6 nitrogen and oxygen atoms in total. The molecule has 0 aromatic heterocycles. The van der Waals surface area contributed by atoms with Crippen molar-refractivity contribution in [1.82, 2.24) is 0 Å². The minimum absolute atomic E-state index is 0.0416. The highest BCUT2D eigenvalue weighted by molar-refractivity contribution is 9.09. The Morgan fingerprint density at radius 2 is 2.00 bits per heavy atom. The highest BCUT2D eigenvalue weighted by atomic mass is 79.9. The first-order chi connectivity index (χ1) is 9.43. The molecule has 1 aromatic carbocycles. The number of carbonyl (C=O) groups excluding carboxylic acids is 1.